The van der Waals surface area contributed by atoms with Crippen LogP contribution in [-0.4, -0.2) is 30.4 Å². The van der Waals surface area contributed by atoms with Crippen molar-refractivity contribution in [2.24, 2.45) is 5.73 Å². The third-order valence-corrected chi connectivity index (χ3v) is 5.24. The molecule has 0 aliphatic carbocycles. The number of hydrogen-bond acceptors (Lipinski definition) is 4. The zero-order valence-electron chi connectivity index (χ0n) is 18.1. The van der Waals surface area contributed by atoms with Gasteiger partial charge in [0.1, 0.15) is 5.75 Å². The molecule has 0 aromatic heterocycles. The molecule has 0 aliphatic rings. The molecular weight excluding hydrogens is 360 g/mol. The molecule has 4 heteroatoms. The summed E-state index contributed by atoms with van der Waals surface area (Å²) in [6.07, 6.45) is 5.92. The van der Waals surface area contributed by atoms with Gasteiger partial charge in [-0.25, -0.2) is 0 Å². The first kappa shape index (κ1) is 23.4. The van der Waals surface area contributed by atoms with Gasteiger partial charge < -0.3 is 20.9 Å². The maximum absolute atomic E-state index is 10.4. The first-order valence-electron chi connectivity index (χ1n) is 11.1. The number of unbranched alkanes of at least 4 members (excludes halogenated alkanes) is 3. The quantitative estimate of drug-likeness (QED) is 0.417. The lowest BCUT2D eigenvalue weighted by molar-refractivity contribution is 0.141. The van der Waals surface area contributed by atoms with E-state index in [1.54, 1.807) is 0 Å². The van der Waals surface area contributed by atoms with E-state index in [1.807, 2.05) is 24.3 Å². The van der Waals surface area contributed by atoms with Gasteiger partial charge in [0.25, 0.3) is 0 Å². The van der Waals surface area contributed by atoms with Gasteiger partial charge in [-0.15, -0.1) is 0 Å². The minimum atomic E-state index is -0.584. The molecular formula is C25H38N2O2. The molecule has 0 aliphatic heterocycles. The summed E-state index contributed by atoms with van der Waals surface area (Å²) in [7, 11) is 0. The van der Waals surface area contributed by atoms with Crippen LogP contribution in [0, 0.1) is 0 Å². The van der Waals surface area contributed by atoms with Gasteiger partial charge in [0.05, 0.1) is 12.7 Å². The van der Waals surface area contributed by atoms with Crippen molar-refractivity contribution in [1.29, 1.82) is 0 Å². The maximum atomic E-state index is 10.4. The standard InChI is InChI=1S/C25H38N2O2/c1-3-5-6-7-15-29-23-13-11-21(12-14-23)17-24(26)25(28)19-27-18-22-10-8-9-20(4-2)16-22/h8-14,16,24-25,27-28H,3-7,15,17-19,26H2,1-2H3. The summed E-state index contributed by atoms with van der Waals surface area (Å²) in [6, 6.07) is 16.3. The van der Waals surface area contributed by atoms with Crippen molar-refractivity contribution in [2.45, 2.75) is 71.1 Å². The topological polar surface area (TPSA) is 67.5 Å². The molecule has 4 N–H and O–H groups in total. The highest BCUT2D eigenvalue weighted by Crippen LogP contribution is 2.15. The van der Waals surface area contributed by atoms with Gasteiger partial charge in [-0.05, 0) is 48.1 Å². The molecule has 2 aromatic rings. The van der Waals surface area contributed by atoms with Crippen LogP contribution >= 0.6 is 0 Å². The lowest BCUT2D eigenvalue weighted by Gasteiger charge is -2.20. The summed E-state index contributed by atoms with van der Waals surface area (Å²) in [4.78, 5) is 0. The minimum absolute atomic E-state index is 0.301. The van der Waals surface area contributed by atoms with E-state index in [1.165, 1.54) is 30.4 Å². The summed E-state index contributed by atoms with van der Waals surface area (Å²) < 4.78 is 5.78. The number of aliphatic hydroxyl groups excluding tert-OH is 1. The number of nitrogens with one attached hydrogen (secondary N) is 1. The second kappa shape index (κ2) is 13.4. The van der Waals surface area contributed by atoms with Crippen LogP contribution in [0.5, 0.6) is 5.75 Å². The van der Waals surface area contributed by atoms with Crippen molar-refractivity contribution < 1.29 is 9.84 Å². The smallest absolute Gasteiger partial charge is 0.119 e. The fourth-order valence-electron chi connectivity index (χ4n) is 3.32. The number of hydrogen-bond donors (Lipinski definition) is 3. The zero-order valence-corrected chi connectivity index (χ0v) is 18.1. The summed E-state index contributed by atoms with van der Waals surface area (Å²) >= 11 is 0. The van der Waals surface area contributed by atoms with Crippen LogP contribution < -0.4 is 15.8 Å². The molecule has 0 spiro atoms. The number of ether oxygens (including phenoxy) is 1. The third kappa shape index (κ3) is 8.99. The number of nitrogens with two attached hydrogens (primary N) is 1. The molecule has 0 fully saturated rings. The molecule has 29 heavy (non-hydrogen) atoms. The van der Waals surface area contributed by atoms with Gasteiger partial charge in [-0.2, -0.15) is 0 Å². The Morgan fingerprint density at radius 2 is 1.72 bits per heavy atom. The zero-order chi connectivity index (χ0) is 20.9. The molecule has 0 saturated heterocycles. The molecule has 2 unspecified atom stereocenters. The fourth-order valence-corrected chi connectivity index (χ4v) is 3.32. The molecule has 160 valence electrons. The predicted molar refractivity (Wildman–Crippen MR) is 121 cm³/mol. The van der Waals surface area contributed by atoms with E-state index in [0.29, 0.717) is 13.0 Å². The van der Waals surface area contributed by atoms with Crippen molar-refractivity contribution in [3.05, 3.63) is 65.2 Å². The third-order valence-electron chi connectivity index (χ3n) is 5.24. The number of aliphatic hydroxyl groups is 1. The molecule has 0 bridgehead atoms. The van der Waals surface area contributed by atoms with Crippen molar-refractivity contribution in [3.8, 4) is 5.75 Å². The van der Waals surface area contributed by atoms with Gasteiger partial charge in [0.15, 0.2) is 0 Å². The van der Waals surface area contributed by atoms with E-state index in [4.69, 9.17) is 10.5 Å². The van der Waals surface area contributed by atoms with E-state index in [-0.39, 0.29) is 6.04 Å². The van der Waals surface area contributed by atoms with Crippen molar-refractivity contribution in [1.82, 2.24) is 5.32 Å². The Bertz CT molecular complexity index is 687. The van der Waals surface area contributed by atoms with Crippen LogP contribution in [0.15, 0.2) is 48.5 Å². The molecule has 2 aromatic carbocycles. The maximum Gasteiger partial charge on any atom is 0.119 e. The number of aryl methyl sites for hydroxylation is 1. The predicted octanol–water partition coefficient (Wildman–Crippen LogP) is 4.23. The van der Waals surface area contributed by atoms with E-state index in [9.17, 15) is 5.11 Å². The highest BCUT2D eigenvalue weighted by molar-refractivity contribution is 5.28. The van der Waals surface area contributed by atoms with Crippen LogP contribution in [0.25, 0.3) is 0 Å². The summed E-state index contributed by atoms with van der Waals surface area (Å²) in [6.45, 7) is 6.35. The molecule has 0 saturated carbocycles. The highest BCUT2D eigenvalue weighted by atomic mass is 16.5. The lowest BCUT2D eigenvalue weighted by Crippen LogP contribution is -2.43. The van der Waals surface area contributed by atoms with E-state index in [2.05, 4.69) is 43.4 Å². The molecule has 2 rings (SSSR count). The molecule has 0 amide bonds. The lowest BCUT2D eigenvalue weighted by atomic mass is 10.0. The molecule has 0 heterocycles. The molecule has 4 nitrogen and oxygen atoms in total. The van der Waals surface area contributed by atoms with Crippen LogP contribution in [0.2, 0.25) is 0 Å². The Hall–Kier alpha value is -1.88. The normalized spacial score (nSPS) is 13.2. The van der Waals surface area contributed by atoms with Crippen molar-refractivity contribution in [3.63, 3.8) is 0 Å². The Balaban J connectivity index is 1.69. The number of benzene rings is 2. The monoisotopic (exact) mass is 398 g/mol. The first-order chi connectivity index (χ1) is 14.1. The average Bonchev–Trinajstić information content (AvgIpc) is 2.74. The van der Waals surface area contributed by atoms with Crippen LogP contribution in [0.4, 0.5) is 0 Å². The second-order valence-electron chi connectivity index (χ2n) is 7.79. The van der Waals surface area contributed by atoms with Crippen molar-refractivity contribution in [2.75, 3.05) is 13.2 Å². The molecule has 2 atom stereocenters. The summed E-state index contributed by atoms with van der Waals surface area (Å²) in [5, 5.41) is 13.7. The Kier molecular flexibility index (Phi) is 10.8. The SMILES string of the molecule is CCCCCCOc1ccc(CC(N)C(O)CNCc2cccc(CC)c2)cc1. The van der Waals surface area contributed by atoms with Gasteiger partial charge in [0, 0.05) is 19.1 Å². The fraction of sp³-hybridized carbons (Fsp3) is 0.520. The summed E-state index contributed by atoms with van der Waals surface area (Å²) in [5.74, 6) is 0.898. The first-order valence-corrected chi connectivity index (χ1v) is 11.1. The Morgan fingerprint density at radius 1 is 0.966 bits per heavy atom. The van der Waals surface area contributed by atoms with Gasteiger partial charge in [-0.1, -0.05) is 69.5 Å². The van der Waals surface area contributed by atoms with Crippen LogP contribution in [0.3, 0.4) is 0 Å². The summed E-state index contributed by atoms with van der Waals surface area (Å²) in [5.41, 5.74) is 9.89. The van der Waals surface area contributed by atoms with Gasteiger partial charge >= 0.3 is 0 Å². The van der Waals surface area contributed by atoms with Gasteiger partial charge in [-0.3, -0.25) is 0 Å². The molecule has 0 radical (unpaired) electrons. The highest BCUT2D eigenvalue weighted by Gasteiger charge is 2.15. The van der Waals surface area contributed by atoms with E-state index < -0.39 is 6.10 Å². The second-order valence-corrected chi connectivity index (χ2v) is 7.79. The minimum Gasteiger partial charge on any atom is -0.494 e. The van der Waals surface area contributed by atoms with Crippen molar-refractivity contribution >= 4 is 0 Å². The Morgan fingerprint density at radius 3 is 2.45 bits per heavy atom. The van der Waals surface area contributed by atoms with Gasteiger partial charge in [0.2, 0.25) is 0 Å². The van der Waals surface area contributed by atoms with E-state index in [0.717, 1.165) is 37.3 Å². The Labute approximate surface area is 176 Å². The van der Waals surface area contributed by atoms with E-state index >= 15 is 0 Å². The average molecular weight is 399 g/mol. The number of rotatable bonds is 14. The van der Waals surface area contributed by atoms with Crippen LogP contribution in [0.1, 0.15) is 56.2 Å². The largest absolute Gasteiger partial charge is 0.494 e. The van der Waals surface area contributed by atoms with Crippen LogP contribution in [-0.2, 0) is 19.4 Å².